The van der Waals surface area contributed by atoms with Gasteiger partial charge in [-0.05, 0) is 17.7 Å². The Morgan fingerprint density at radius 2 is 1.50 bits per heavy atom. The second-order valence-corrected chi connectivity index (χ2v) is 5.39. The van der Waals surface area contributed by atoms with Crippen LogP contribution in [0.5, 0.6) is 23.0 Å². The van der Waals surface area contributed by atoms with Gasteiger partial charge in [0, 0.05) is 24.4 Å². The van der Waals surface area contributed by atoms with Crippen LogP contribution in [-0.4, -0.2) is 40.9 Å². The molecule has 0 spiro atoms. The molecule has 0 aliphatic rings. The van der Waals surface area contributed by atoms with Gasteiger partial charge in [-0.25, -0.2) is 0 Å². The van der Waals surface area contributed by atoms with Crippen LogP contribution < -0.4 is 29.6 Å². The monoisotopic (exact) mass is 360 g/mol. The molecule has 0 saturated carbocycles. The zero-order chi connectivity index (χ0) is 18.9. The lowest BCUT2D eigenvalue weighted by atomic mass is 10.2. The predicted molar refractivity (Wildman–Crippen MR) is 99.4 cm³/mol. The zero-order valence-corrected chi connectivity index (χ0v) is 15.4. The summed E-state index contributed by atoms with van der Waals surface area (Å²) >= 11 is 0. The fourth-order valence-corrected chi connectivity index (χ4v) is 2.37. The Morgan fingerprint density at radius 1 is 0.885 bits per heavy atom. The number of methoxy groups -OCH3 is 4. The second-order valence-electron chi connectivity index (χ2n) is 5.39. The maximum Gasteiger partial charge on any atom is 0.239 e. The molecule has 1 amide bonds. The van der Waals surface area contributed by atoms with Crippen LogP contribution in [0.15, 0.2) is 36.4 Å². The Morgan fingerprint density at radius 3 is 2.00 bits per heavy atom. The summed E-state index contributed by atoms with van der Waals surface area (Å²) in [6.45, 7) is 0.564. The minimum atomic E-state index is -0.130. The third-order valence-corrected chi connectivity index (χ3v) is 3.77. The summed E-state index contributed by atoms with van der Waals surface area (Å²) in [6.07, 6.45) is 0. The van der Waals surface area contributed by atoms with Crippen LogP contribution in [0.4, 0.5) is 5.69 Å². The number of hydrogen-bond donors (Lipinski definition) is 2. The number of nitrogens with one attached hydrogen (secondary N) is 2. The molecule has 2 N–H and O–H groups in total. The first-order valence-corrected chi connectivity index (χ1v) is 8.04. The summed E-state index contributed by atoms with van der Waals surface area (Å²) in [5, 5.41) is 5.91. The smallest absolute Gasteiger partial charge is 0.239 e. The van der Waals surface area contributed by atoms with Crippen LogP contribution in [0.3, 0.4) is 0 Å². The lowest BCUT2D eigenvalue weighted by molar-refractivity contribution is -0.119. The first-order chi connectivity index (χ1) is 12.6. The van der Waals surface area contributed by atoms with Gasteiger partial charge in [0.25, 0.3) is 0 Å². The number of amides is 1. The van der Waals surface area contributed by atoms with Crippen LogP contribution in [-0.2, 0) is 11.3 Å². The molecule has 26 heavy (non-hydrogen) atoms. The summed E-state index contributed by atoms with van der Waals surface area (Å²) in [7, 11) is 6.25. The normalized spacial score (nSPS) is 10.0. The molecule has 2 aromatic carbocycles. The zero-order valence-electron chi connectivity index (χ0n) is 15.4. The average Bonchev–Trinajstić information content (AvgIpc) is 2.69. The summed E-state index contributed by atoms with van der Waals surface area (Å²) < 4.78 is 21.0. The molecule has 0 aliphatic carbocycles. The number of carbonyl (C=O) groups excluding carboxylic acids is 1. The van der Waals surface area contributed by atoms with Gasteiger partial charge in [0.1, 0.15) is 5.75 Å². The SMILES string of the molecule is COc1ccc(CNC(=O)CNc2cc(OC)c(OC)c(OC)c2)cc1. The molecule has 0 atom stereocenters. The van der Waals surface area contributed by atoms with Crippen LogP contribution in [0.25, 0.3) is 0 Å². The predicted octanol–water partition coefficient (Wildman–Crippen LogP) is 2.45. The Kier molecular flexibility index (Phi) is 6.96. The van der Waals surface area contributed by atoms with E-state index in [-0.39, 0.29) is 12.5 Å². The van der Waals surface area contributed by atoms with Gasteiger partial charge in [-0.2, -0.15) is 0 Å². The van der Waals surface area contributed by atoms with E-state index < -0.39 is 0 Å². The van der Waals surface area contributed by atoms with Gasteiger partial charge in [-0.3, -0.25) is 4.79 Å². The van der Waals surface area contributed by atoms with Crippen molar-refractivity contribution < 1.29 is 23.7 Å². The number of rotatable bonds is 9. The third kappa shape index (κ3) is 4.95. The minimum Gasteiger partial charge on any atom is -0.497 e. The van der Waals surface area contributed by atoms with E-state index in [9.17, 15) is 4.79 Å². The molecule has 0 aliphatic heterocycles. The molecule has 0 saturated heterocycles. The molecule has 2 rings (SSSR count). The van der Waals surface area contributed by atoms with Gasteiger partial charge in [-0.1, -0.05) is 12.1 Å². The first-order valence-electron chi connectivity index (χ1n) is 8.04. The van der Waals surface area contributed by atoms with E-state index in [2.05, 4.69) is 10.6 Å². The molecule has 0 radical (unpaired) electrons. The van der Waals surface area contributed by atoms with Crippen LogP contribution in [0.1, 0.15) is 5.56 Å². The maximum absolute atomic E-state index is 12.1. The van der Waals surface area contributed by atoms with E-state index in [4.69, 9.17) is 18.9 Å². The van der Waals surface area contributed by atoms with Crippen molar-refractivity contribution >= 4 is 11.6 Å². The highest BCUT2D eigenvalue weighted by Crippen LogP contribution is 2.39. The van der Waals surface area contributed by atoms with E-state index in [1.807, 2.05) is 24.3 Å². The largest absolute Gasteiger partial charge is 0.497 e. The van der Waals surface area contributed by atoms with Crippen molar-refractivity contribution in [2.45, 2.75) is 6.54 Å². The van der Waals surface area contributed by atoms with Crippen molar-refractivity contribution in [3.63, 3.8) is 0 Å². The van der Waals surface area contributed by atoms with Crippen LogP contribution in [0, 0.1) is 0 Å². The van der Waals surface area contributed by atoms with E-state index in [1.165, 1.54) is 0 Å². The molecule has 0 aromatic heterocycles. The summed E-state index contributed by atoms with van der Waals surface area (Å²) in [6, 6.07) is 11.0. The van der Waals surface area contributed by atoms with Crippen molar-refractivity contribution in [1.82, 2.24) is 5.32 Å². The van der Waals surface area contributed by atoms with Crippen molar-refractivity contribution in [2.24, 2.45) is 0 Å². The van der Waals surface area contributed by atoms with Gasteiger partial charge in [-0.15, -0.1) is 0 Å². The summed E-state index contributed by atoms with van der Waals surface area (Å²) in [5.41, 5.74) is 1.69. The molecular weight excluding hydrogens is 336 g/mol. The number of hydrogen-bond acceptors (Lipinski definition) is 6. The lowest BCUT2D eigenvalue weighted by Crippen LogP contribution is -2.29. The molecule has 7 heteroatoms. The summed E-state index contributed by atoms with van der Waals surface area (Å²) in [4.78, 5) is 12.1. The Balaban J connectivity index is 1.91. The number of carbonyl (C=O) groups is 1. The van der Waals surface area contributed by atoms with Crippen LogP contribution >= 0.6 is 0 Å². The second kappa shape index (κ2) is 9.41. The number of benzene rings is 2. The summed E-state index contributed by atoms with van der Waals surface area (Å²) in [5.74, 6) is 2.20. The topological polar surface area (TPSA) is 78.1 Å². The van der Waals surface area contributed by atoms with Gasteiger partial charge in [0.2, 0.25) is 11.7 Å². The Labute approximate surface area is 153 Å². The Bertz CT molecular complexity index is 706. The molecule has 0 fully saturated rings. The highest BCUT2D eigenvalue weighted by atomic mass is 16.5. The van der Waals surface area contributed by atoms with E-state index in [0.717, 1.165) is 11.3 Å². The molecule has 2 aromatic rings. The van der Waals surface area contributed by atoms with E-state index in [0.29, 0.717) is 29.5 Å². The fraction of sp³-hybridized carbons (Fsp3) is 0.316. The average molecular weight is 360 g/mol. The Hall–Kier alpha value is -3.09. The van der Waals surface area contributed by atoms with Crippen molar-refractivity contribution in [2.75, 3.05) is 40.3 Å². The van der Waals surface area contributed by atoms with Crippen LogP contribution in [0.2, 0.25) is 0 Å². The highest BCUT2D eigenvalue weighted by Gasteiger charge is 2.13. The first kappa shape index (κ1) is 19.2. The maximum atomic E-state index is 12.1. The molecule has 140 valence electrons. The third-order valence-electron chi connectivity index (χ3n) is 3.77. The number of anilines is 1. The molecule has 7 nitrogen and oxygen atoms in total. The van der Waals surface area contributed by atoms with Gasteiger partial charge in [0.05, 0.1) is 35.0 Å². The van der Waals surface area contributed by atoms with E-state index >= 15 is 0 Å². The minimum absolute atomic E-state index is 0.120. The highest BCUT2D eigenvalue weighted by molar-refractivity contribution is 5.81. The van der Waals surface area contributed by atoms with Gasteiger partial charge >= 0.3 is 0 Å². The van der Waals surface area contributed by atoms with Gasteiger partial charge in [0.15, 0.2) is 11.5 Å². The van der Waals surface area contributed by atoms with Crippen molar-refractivity contribution in [1.29, 1.82) is 0 Å². The van der Waals surface area contributed by atoms with E-state index in [1.54, 1.807) is 40.6 Å². The van der Waals surface area contributed by atoms with Gasteiger partial charge < -0.3 is 29.6 Å². The molecule has 0 unspecified atom stereocenters. The number of ether oxygens (including phenoxy) is 4. The van der Waals surface area contributed by atoms with Crippen molar-refractivity contribution in [3.8, 4) is 23.0 Å². The quantitative estimate of drug-likeness (QED) is 0.715. The molecule has 0 bridgehead atoms. The standard InChI is InChI=1S/C19H24N2O5/c1-23-15-7-5-13(6-8-15)11-21-18(22)12-20-14-9-16(24-2)19(26-4)17(10-14)25-3/h5-10,20H,11-12H2,1-4H3,(H,21,22). The molecule has 0 heterocycles. The van der Waals surface area contributed by atoms with Crippen molar-refractivity contribution in [3.05, 3.63) is 42.0 Å². The lowest BCUT2D eigenvalue weighted by Gasteiger charge is -2.15. The molecular formula is C19H24N2O5. The fourth-order valence-electron chi connectivity index (χ4n) is 2.37.